The predicted molar refractivity (Wildman–Crippen MR) is 120 cm³/mol. The first-order valence-corrected chi connectivity index (χ1v) is 11.0. The molecule has 0 unspecified atom stereocenters. The molecule has 1 N–H and O–H groups in total. The molecule has 32 heavy (non-hydrogen) atoms. The Labute approximate surface area is 185 Å². The molecule has 162 valence electrons. The van der Waals surface area contributed by atoms with Gasteiger partial charge < -0.3 is 14.3 Å². The first kappa shape index (κ1) is 20.1. The standard InChI is InChI=1S/C24H24N6O2/c31-21(14-15-22-27-29-24(32-22)18-7-3-1-4-8-18)25-19-12-10-17(11-13-19)23-28-26-20-9-5-2-6-16-30(20)23/h1,3-4,7-8,10-13H,2,5-6,9,14-16H2,(H,25,31). The number of anilines is 1. The monoisotopic (exact) mass is 428 g/mol. The summed E-state index contributed by atoms with van der Waals surface area (Å²) in [6.45, 7) is 0.956. The lowest BCUT2D eigenvalue weighted by Gasteiger charge is -2.08. The Balaban J connectivity index is 1.18. The molecule has 0 saturated heterocycles. The minimum Gasteiger partial charge on any atom is -0.421 e. The molecule has 1 amide bonds. The molecule has 0 fully saturated rings. The number of aryl methyl sites for hydroxylation is 2. The van der Waals surface area contributed by atoms with Crippen LogP contribution >= 0.6 is 0 Å². The first-order chi connectivity index (χ1) is 15.8. The highest BCUT2D eigenvalue weighted by Crippen LogP contribution is 2.24. The summed E-state index contributed by atoms with van der Waals surface area (Å²) < 4.78 is 7.88. The normalized spacial score (nSPS) is 13.4. The Morgan fingerprint density at radius 3 is 2.59 bits per heavy atom. The molecule has 8 heteroatoms. The molecule has 3 heterocycles. The molecule has 0 spiro atoms. The molecule has 1 aliphatic rings. The Hall–Kier alpha value is -3.81. The third-order valence-corrected chi connectivity index (χ3v) is 5.59. The van der Waals surface area contributed by atoms with Crippen LogP contribution in [0.3, 0.4) is 0 Å². The fourth-order valence-corrected chi connectivity index (χ4v) is 3.90. The summed E-state index contributed by atoms with van der Waals surface area (Å²) in [5.41, 5.74) is 2.60. The van der Waals surface area contributed by atoms with E-state index in [-0.39, 0.29) is 12.3 Å². The van der Waals surface area contributed by atoms with E-state index in [1.807, 2.05) is 54.6 Å². The second kappa shape index (κ2) is 9.13. The maximum atomic E-state index is 12.4. The molecule has 0 bridgehead atoms. The van der Waals surface area contributed by atoms with Crippen LogP contribution in [0.5, 0.6) is 0 Å². The van der Waals surface area contributed by atoms with Crippen molar-refractivity contribution in [2.45, 2.75) is 45.1 Å². The summed E-state index contributed by atoms with van der Waals surface area (Å²) in [5, 5.41) is 19.8. The molecular formula is C24H24N6O2. The van der Waals surface area contributed by atoms with E-state index in [0.717, 1.165) is 47.8 Å². The third kappa shape index (κ3) is 4.44. The minimum absolute atomic E-state index is 0.103. The smallest absolute Gasteiger partial charge is 0.247 e. The number of nitrogens with zero attached hydrogens (tertiary/aromatic N) is 5. The van der Waals surface area contributed by atoms with Crippen molar-refractivity contribution in [2.75, 3.05) is 5.32 Å². The van der Waals surface area contributed by atoms with E-state index >= 15 is 0 Å². The van der Waals surface area contributed by atoms with Crippen molar-refractivity contribution in [3.8, 4) is 22.8 Å². The number of amides is 1. The number of carbonyl (C=O) groups is 1. The second-order valence-electron chi connectivity index (χ2n) is 7.89. The van der Waals surface area contributed by atoms with E-state index in [1.165, 1.54) is 12.8 Å². The largest absolute Gasteiger partial charge is 0.421 e. The number of nitrogens with one attached hydrogen (secondary N) is 1. The highest BCUT2D eigenvalue weighted by molar-refractivity contribution is 5.91. The fourth-order valence-electron chi connectivity index (χ4n) is 3.90. The topological polar surface area (TPSA) is 98.7 Å². The van der Waals surface area contributed by atoms with Gasteiger partial charge in [-0.1, -0.05) is 24.6 Å². The van der Waals surface area contributed by atoms with Crippen molar-refractivity contribution in [3.63, 3.8) is 0 Å². The van der Waals surface area contributed by atoms with Crippen molar-refractivity contribution in [3.05, 3.63) is 66.3 Å². The molecule has 5 rings (SSSR count). The van der Waals surface area contributed by atoms with Crippen molar-refractivity contribution in [1.29, 1.82) is 0 Å². The maximum Gasteiger partial charge on any atom is 0.247 e. The van der Waals surface area contributed by atoms with E-state index in [1.54, 1.807) is 0 Å². The van der Waals surface area contributed by atoms with Crippen molar-refractivity contribution >= 4 is 11.6 Å². The Kier molecular flexibility index (Phi) is 5.74. The number of hydrogen-bond donors (Lipinski definition) is 1. The maximum absolute atomic E-state index is 12.4. The second-order valence-corrected chi connectivity index (χ2v) is 7.89. The Morgan fingerprint density at radius 2 is 1.75 bits per heavy atom. The van der Waals surface area contributed by atoms with Crippen LogP contribution in [0, 0.1) is 0 Å². The van der Waals surface area contributed by atoms with E-state index in [4.69, 9.17) is 4.42 Å². The van der Waals surface area contributed by atoms with Gasteiger partial charge in [-0.15, -0.1) is 20.4 Å². The number of hydrogen-bond acceptors (Lipinski definition) is 6. The highest BCUT2D eigenvalue weighted by atomic mass is 16.4. The van der Waals surface area contributed by atoms with E-state index in [2.05, 4.69) is 30.3 Å². The lowest BCUT2D eigenvalue weighted by Crippen LogP contribution is -2.12. The van der Waals surface area contributed by atoms with Crippen molar-refractivity contribution in [1.82, 2.24) is 25.0 Å². The van der Waals surface area contributed by atoms with Crippen LogP contribution in [-0.4, -0.2) is 30.9 Å². The first-order valence-electron chi connectivity index (χ1n) is 11.0. The van der Waals surface area contributed by atoms with E-state index in [9.17, 15) is 4.79 Å². The van der Waals surface area contributed by atoms with Gasteiger partial charge in [0.1, 0.15) is 5.82 Å². The van der Waals surface area contributed by atoms with Crippen LogP contribution < -0.4 is 5.32 Å². The quantitative estimate of drug-likeness (QED) is 0.492. The predicted octanol–water partition coefficient (Wildman–Crippen LogP) is 4.29. The lowest BCUT2D eigenvalue weighted by atomic mass is 10.2. The number of fused-ring (bicyclic) bond motifs is 1. The van der Waals surface area contributed by atoms with E-state index < -0.39 is 0 Å². The zero-order chi connectivity index (χ0) is 21.8. The Bertz CT molecular complexity index is 1200. The average molecular weight is 428 g/mol. The molecular weight excluding hydrogens is 404 g/mol. The van der Waals surface area contributed by atoms with Gasteiger partial charge in [-0.2, -0.15) is 0 Å². The van der Waals surface area contributed by atoms with Crippen molar-refractivity contribution in [2.24, 2.45) is 0 Å². The average Bonchev–Trinajstić information content (AvgIpc) is 3.40. The number of aromatic nitrogens is 5. The zero-order valence-electron chi connectivity index (χ0n) is 17.7. The molecule has 1 aliphatic heterocycles. The molecule has 0 radical (unpaired) electrons. The molecule has 8 nitrogen and oxygen atoms in total. The molecule has 4 aromatic rings. The summed E-state index contributed by atoms with van der Waals surface area (Å²) in [7, 11) is 0. The zero-order valence-corrected chi connectivity index (χ0v) is 17.7. The Morgan fingerprint density at radius 1 is 0.906 bits per heavy atom. The summed E-state index contributed by atoms with van der Waals surface area (Å²) in [6, 6.07) is 17.3. The lowest BCUT2D eigenvalue weighted by molar-refractivity contribution is -0.116. The van der Waals surface area contributed by atoms with E-state index in [0.29, 0.717) is 18.2 Å². The van der Waals surface area contributed by atoms with Crippen LogP contribution in [0.1, 0.15) is 37.4 Å². The van der Waals surface area contributed by atoms with Gasteiger partial charge in [0.15, 0.2) is 5.82 Å². The van der Waals surface area contributed by atoms with Gasteiger partial charge in [-0.05, 0) is 49.2 Å². The summed E-state index contributed by atoms with van der Waals surface area (Å²) in [4.78, 5) is 12.4. The molecule has 0 atom stereocenters. The van der Waals surface area contributed by atoms with Gasteiger partial charge in [0, 0.05) is 42.6 Å². The summed E-state index contributed by atoms with van der Waals surface area (Å²) in [6.07, 6.45) is 5.17. The van der Waals surface area contributed by atoms with Crippen LogP contribution in [0.4, 0.5) is 5.69 Å². The van der Waals surface area contributed by atoms with Gasteiger partial charge >= 0.3 is 0 Å². The summed E-state index contributed by atoms with van der Waals surface area (Å²) >= 11 is 0. The molecule has 2 aromatic carbocycles. The third-order valence-electron chi connectivity index (χ3n) is 5.59. The van der Waals surface area contributed by atoms with Gasteiger partial charge in [-0.25, -0.2) is 0 Å². The van der Waals surface area contributed by atoms with Gasteiger partial charge in [0.2, 0.25) is 17.7 Å². The molecule has 0 aliphatic carbocycles. The van der Waals surface area contributed by atoms with Crippen LogP contribution in [0.15, 0.2) is 59.0 Å². The minimum atomic E-state index is -0.103. The van der Waals surface area contributed by atoms with Crippen LogP contribution in [-0.2, 0) is 24.2 Å². The van der Waals surface area contributed by atoms with Crippen LogP contribution in [0.2, 0.25) is 0 Å². The van der Waals surface area contributed by atoms with Gasteiger partial charge in [0.05, 0.1) is 0 Å². The molecule has 0 saturated carbocycles. The number of carbonyl (C=O) groups excluding carboxylic acids is 1. The SMILES string of the molecule is O=C(CCc1nnc(-c2ccccc2)o1)Nc1ccc(-c2nnc3n2CCCCC3)cc1. The number of benzene rings is 2. The fraction of sp³-hybridized carbons (Fsp3) is 0.292. The number of rotatable bonds is 6. The molecule has 2 aromatic heterocycles. The van der Waals surface area contributed by atoms with Gasteiger partial charge in [-0.3, -0.25) is 4.79 Å². The summed E-state index contributed by atoms with van der Waals surface area (Å²) in [5.74, 6) is 2.76. The highest BCUT2D eigenvalue weighted by Gasteiger charge is 2.16. The van der Waals surface area contributed by atoms with Crippen LogP contribution in [0.25, 0.3) is 22.8 Å². The van der Waals surface area contributed by atoms with Crippen molar-refractivity contribution < 1.29 is 9.21 Å². The van der Waals surface area contributed by atoms with Gasteiger partial charge in [0.25, 0.3) is 0 Å².